The zero-order chi connectivity index (χ0) is 15.1. The van der Waals surface area contributed by atoms with Gasteiger partial charge in [0.15, 0.2) is 0 Å². The molecule has 0 heterocycles. The third kappa shape index (κ3) is 4.94. The Bertz CT molecular complexity index is 442. The molecule has 0 bridgehead atoms. The van der Waals surface area contributed by atoms with Gasteiger partial charge in [0.1, 0.15) is 0 Å². The number of hydrogen-bond donors (Lipinski definition) is 3. The second-order valence-electron chi connectivity index (χ2n) is 5.36. The second-order valence-corrected chi connectivity index (χ2v) is 5.36. The molecule has 112 valence electrons. The lowest BCUT2D eigenvalue weighted by atomic mass is 10.1. The van der Waals surface area contributed by atoms with Gasteiger partial charge in [-0.25, -0.2) is 0 Å². The van der Waals surface area contributed by atoms with Gasteiger partial charge in [0.2, 0.25) is 5.91 Å². The number of anilines is 1. The van der Waals surface area contributed by atoms with Crippen LogP contribution in [-0.2, 0) is 4.79 Å². The molecule has 0 saturated heterocycles. The van der Waals surface area contributed by atoms with E-state index in [1.807, 2.05) is 45.9 Å². The van der Waals surface area contributed by atoms with Crippen LogP contribution in [0.5, 0.6) is 0 Å². The first-order valence-corrected chi connectivity index (χ1v) is 7.20. The minimum atomic E-state index is -0.00788. The summed E-state index contributed by atoms with van der Waals surface area (Å²) in [6.07, 6.45) is 1.24. The fourth-order valence-electron chi connectivity index (χ4n) is 2.13. The Hall–Kier alpha value is -1.39. The van der Waals surface area contributed by atoms with Crippen LogP contribution in [0.15, 0.2) is 18.2 Å². The first-order valence-electron chi connectivity index (χ1n) is 7.20. The molecular weight excluding hydrogens is 252 g/mol. The lowest BCUT2D eigenvalue weighted by molar-refractivity contribution is -0.116. The SMILES string of the molecule is CCC(CO)NC(C)CC(=O)Nc1cccc(C)c1C. The topological polar surface area (TPSA) is 61.4 Å². The number of aryl methyl sites for hydroxylation is 1. The summed E-state index contributed by atoms with van der Waals surface area (Å²) in [4.78, 5) is 12.0. The summed E-state index contributed by atoms with van der Waals surface area (Å²) in [5.74, 6) is -0.00788. The third-order valence-corrected chi connectivity index (χ3v) is 3.60. The van der Waals surface area contributed by atoms with Crippen molar-refractivity contribution in [3.8, 4) is 0 Å². The quantitative estimate of drug-likeness (QED) is 0.717. The van der Waals surface area contributed by atoms with Crippen LogP contribution < -0.4 is 10.6 Å². The van der Waals surface area contributed by atoms with Crippen LogP contribution in [-0.4, -0.2) is 29.7 Å². The van der Waals surface area contributed by atoms with Crippen molar-refractivity contribution in [2.75, 3.05) is 11.9 Å². The number of amides is 1. The van der Waals surface area contributed by atoms with Crippen molar-refractivity contribution >= 4 is 11.6 Å². The van der Waals surface area contributed by atoms with E-state index in [0.717, 1.165) is 17.7 Å². The number of benzene rings is 1. The molecule has 1 aromatic rings. The summed E-state index contributed by atoms with van der Waals surface area (Å²) < 4.78 is 0. The summed E-state index contributed by atoms with van der Waals surface area (Å²) in [5, 5.41) is 15.3. The van der Waals surface area contributed by atoms with Gasteiger partial charge in [0.25, 0.3) is 0 Å². The molecule has 2 atom stereocenters. The maximum atomic E-state index is 12.0. The highest BCUT2D eigenvalue weighted by Crippen LogP contribution is 2.18. The maximum absolute atomic E-state index is 12.0. The highest BCUT2D eigenvalue weighted by molar-refractivity contribution is 5.92. The Morgan fingerprint density at radius 2 is 2.05 bits per heavy atom. The molecule has 0 radical (unpaired) electrons. The smallest absolute Gasteiger partial charge is 0.225 e. The molecule has 0 spiro atoms. The van der Waals surface area contributed by atoms with Crippen molar-refractivity contribution in [3.63, 3.8) is 0 Å². The summed E-state index contributed by atoms with van der Waals surface area (Å²) in [7, 11) is 0. The highest BCUT2D eigenvalue weighted by atomic mass is 16.3. The molecule has 1 rings (SSSR count). The number of aliphatic hydroxyl groups excluding tert-OH is 1. The monoisotopic (exact) mass is 278 g/mol. The third-order valence-electron chi connectivity index (χ3n) is 3.60. The van der Waals surface area contributed by atoms with Gasteiger partial charge in [-0.05, 0) is 44.4 Å². The zero-order valence-electron chi connectivity index (χ0n) is 12.9. The van der Waals surface area contributed by atoms with Crippen molar-refractivity contribution in [2.24, 2.45) is 0 Å². The van der Waals surface area contributed by atoms with Crippen LogP contribution in [0.3, 0.4) is 0 Å². The molecular formula is C16H26N2O2. The van der Waals surface area contributed by atoms with Crippen LogP contribution in [0.1, 0.15) is 37.8 Å². The molecule has 0 saturated carbocycles. The van der Waals surface area contributed by atoms with Gasteiger partial charge in [-0.2, -0.15) is 0 Å². The molecule has 4 nitrogen and oxygen atoms in total. The second kappa shape index (κ2) is 8.02. The summed E-state index contributed by atoms with van der Waals surface area (Å²) in [6.45, 7) is 8.10. The van der Waals surface area contributed by atoms with Crippen LogP contribution in [0.25, 0.3) is 0 Å². The van der Waals surface area contributed by atoms with E-state index in [0.29, 0.717) is 6.42 Å². The van der Waals surface area contributed by atoms with E-state index in [1.54, 1.807) is 0 Å². The lowest BCUT2D eigenvalue weighted by Gasteiger charge is -2.20. The van der Waals surface area contributed by atoms with Crippen LogP contribution in [0.4, 0.5) is 5.69 Å². The van der Waals surface area contributed by atoms with Crippen molar-refractivity contribution in [1.29, 1.82) is 0 Å². The Labute approximate surface area is 121 Å². The molecule has 0 aliphatic carbocycles. The van der Waals surface area contributed by atoms with E-state index in [2.05, 4.69) is 10.6 Å². The Kier molecular flexibility index (Phi) is 6.68. The molecule has 1 amide bonds. The van der Waals surface area contributed by atoms with Gasteiger partial charge in [-0.3, -0.25) is 4.79 Å². The number of nitrogens with one attached hydrogen (secondary N) is 2. The maximum Gasteiger partial charge on any atom is 0.225 e. The molecule has 20 heavy (non-hydrogen) atoms. The number of carbonyl (C=O) groups excluding carboxylic acids is 1. The average Bonchev–Trinajstić information content (AvgIpc) is 2.41. The predicted molar refractivity (Wildman–Crippen MR) is 82.9 cm³/mol. The van der Waals surface area contributed by atoms with Gasteiger partial charge in [0, 0.05) is 24.2 Å². The molecule has 2 unspecified atom stereocenters. The predicted octanol–water partition coefficient (Wildman–Crippen LogP) is 2.38. The first kappa shape index (κ1) is 16.7. The van der Waals surface area contributed by atoms with Crippen molar-refractivity contribution in [2.45, 2.75) is 52.6 Å². The molecule has 0 fully saturated rings. The van der Waals surface area contributed by atoms with Gasteiger partial charge in [0.05, 0.1) is 6.61 Å². The Balaban J connectivity index is 2.53. The average molecular weight is 278 g/mol. The van der Waals surface area contributed by atoms with E-state index in [1.165, 1.54) is 5.56 Å². The van der Waals surface area contributed by atoms with Gasteiger partial charge in [-0.1, -0.05) is 19.1 Å². The number of rotatable bonds is 7. The Morgan fingerprint density at radius 3 is 2.65 bits per heavy atom. The van der Waals surface area contributed by atoms with Gasteiger partial charge in [-0.15, -0.1) is 0 Å². The molecule has 0 aromatic heterocycles. The highest BCUT2D eigenvalue weighted by Gasteiger charge is 2.13. The Morgan fingerprint density at radius 1 is 1.35 bits per heavy atom. The fourth-order valence-corrected chi connectivity index (χ4v) is 2.13. The summed E-state index contributed by atoms with van der Waals surface area (Å²) in [6, 6.07) is 5.98. The molecule has 0 aliphatic heterocycles. The van der Waals surface area contributed by atoms with Crippen molar-refractivity contribution in [3.05, 3.63) is 29.3 Å². The van der Waals surface area contributed by atoms with E-state index in [9.17, 15) is 4.79 Å². The normalized spacial score (nSPS) is 13.8. The van der Waals surface area contributed by atoms with Crippen LogP contribution in [0.2, 0.25) is 0 Å². The minimum Gasteiger partial charge on any atom is -0.395 e. The number of carbonyl (C=O) groups is 1. The number of aliphatic hydroxyl groups is 1. The minimum absolute atomic E-state index is 0.00788. The summed E-state index contributed by atoms with van der Waals surface area (Å²) in [5.41, 5.74) is 3.14. The van der Waals surface area contributed by atoms with E-state index in [4.69, 9.17) is 5.11 Å². The first-order chi connectivity index (χ1) is 9.47. The van der Waals surface area contributed by atoms with Crippen LogP contribution in [0, 0.1) is 13.8 Å². The van der Waals surface area contributed by atoms with Crippen LogP contribution >= 0.6 is 0 Å². The zero-order valence-corrected chi connectivity index (χ0v) is 12.9. The van der Waals surface area contributed by atoms with E-state index < -0.39 is 0 Å². The van der Waals surface area contributed by atoms with E-state index in [-0.39, 0.29) is 24.6 Å². The lowest BCUT2D eigenvalue weighted by Crippen LogP contribution is -2.40. The molecule has 0 aliphatic rings. The molecule has 3 N–H and O–H groups in total. The summed E-state index contributed by atoms with van der Waals surface area (Å²) >= 11 is 0. The largest absolute Gasteiger partial charge is 0.395 e. The molecule has 4 heteroatoms. The van der Waals surface area contributed by atoms with Gasteiger partial charge < -0.3 is 15.7 Å². The van der Waals surface area contributed by atoms with Crippen molar-refractivity contribution < 1.29 is 9.90 Å². The molecule has 1 aromatic carbocycles. The standard InChI is InChI=1S/C16H26N2O2/c1-5-14(10-19)17-12(3)9-16(20)18-15-8-6-7-11(2)13(15)4/h6-8,12,14,17,19H,5,9-10H2,1-4H3,(H,18,20). The number of hydrogen-bond acceptors (Lipinski definition) is 3. The van der Waals surface area contributed by atoms with Crippen molar-refractivity contribution in [1.82, 2.24) is 5.32 Å². The van der Waals surface area contributed by atoms with Gasteiger partial charge >= 0.3 is 0 Å². The fraction of sp³-hybridized carbons (Fsp3) is 0.562. The van der Waals surface area contributed by atoms with E-state index >= 15 is 0 Å².